The van der Waals surface area contributed by atoms with Gasteiger partial charge in [-0.1, -0.05) is 53.7 Å². The van der Waals surface area contributed by atoms with Crippen LogP contribution in [0.1, 0.15) is 24.2 Å². The second-order valence-electron chi connectivity index (χ2n) is 7.12. The summed E-state index contributed by atoms with van der Waals surface area (Å²) in [6.45, 7) is 4.51. The van der Waals surface area contributed by atoms with Gasteiger partial charge in [-0.15, -0.1) is 0 Å². The minimum absolute atomic E-state index is 0.301. The van der Waals surface area contributed by atoms with Gasteiger partial charge < -0.3 is 10.3 Å². The number of benzene rings is 1. The van der Waals surface area contributed by atoms with Crippen LogP contribution < -0.4 is 17.0 Å². The summed E-state index contributed by atoms with van der Waals surface area (Å²) in [5, 5.41) is 0.618. The van der Waals surface area contributed by atoms with Crippen molar-refractivity contribution in [3.8, 4) is 0 Å². The number of ketones is 1. The molecule has 8 nitrogen and oxygen atoms in total. The lowest BCUT2D eigenvalue weighted by atomic mass is 10.1. The monoisotopic (exact) mass is 427 g/mol. The zero-order chi connectivity index (χ0) is 21.8. The molecular formula is C21H25N5O3S. The van der Waals surface area contributed by atoms with E-state index in [9.17, 15) is 14.4 Å². The van der Waals surface area contributed by atoms with Crippen molar-refractivity contribution in [2.45, 2.75) is 32.1 Å². The highest BCUT2D eigenvalue weighted by Gasteiger charge is 2.21. The molecule has 0 aliphatic heterocycles. The molecule has 0 fully saturated rings. The summed E-state index contributed by atoms with van der Waals surface area (Å²) in [7, 11) is 1.56. The summed E-state index contributed by atoms with van der Waals surface area (Å²) < 4.78 is 4.09. The fourth-order valence-corrected chi connectivity index (χ4v) is 3.83. The number of Topliss-reactive ketones (excluding diaryl/α,β-unsaturated/α-hetero) is 1. The highest BCUT2D eigenvalue weighted by atomic mass is 32.2. The zero-order valence-electron chi connectivity index (χ0n) is 17.3. The number of hydrogen-bond donors (Lipinski definition) is 1. The van der Waals surface area contributed by atoms with E-state index in [4.69, 9.17) is 5.73 Å². The molecule has 0 saturated heterocycles. The molecule has 0 radical (unpaired) electrons. The Kier molecular flexibility index (Phi) is 6.73. The number of thioether (sulfide) groups is 1. The second-order valence-corrected chi connectivity index (χ2v) is 8.18. The molecule has 0 spiro atoms. The summed E-state index contributed by atoms with van der Waals surface area (Å²) in [5.41, 5.74) is 6.68. The lowest BCUT2D eigenvalue weighted by Crippen LogP contribution is -2.41. The molecule has 3 rings (SSSR count). The Labute approximate surface area is 178 Å². The number of nitrogens with zero attached hydrogens (tertiary/aromatic N) is 4. The Morgan fingerprint density at radius 3 is 2.50 bits per heavy atom. The molecule has 0 unspecified atom stereocenters. The average molecular weight is 428 g/mol. The van der Waals surface area contributed by atoms with E-state index < -0.39 is 11.2 Å². The Morgan fingerprint density at radius 2 is 1.87 bits per heavy atom. The maximum atomic E-state index is 13.3. The third-order valence-electron chi connectivity index (χ3n) is 4.63. The van der Waals surface area contributed by atoms with E-state index in [-0.39, 0.29) is 12.3 Å². The molecule has 0 saturated carbocycles. The number of carbonyl (C=O) groups is 1. The Morgan fingerprint density at radius 1 is 1.17 bits per heavy atom. The maximum absolute atomic E-state index is 13.3. The van der Waals surface area contributed by atoms with Gasteiger partial charge in [0.15, 0.2) is 22.1 Å². The van der Waals surface area contributed by atoms with Crippen molar-refractivity contribution in [1.29, 1.82) is 0 Å². The summed E-state index contributed by atoms with van der Waals surface area (Å²) in [5.74, 6) is 0.328. The van der Waals surface area contributed by atoms with Gasteiger partial charge in [-0.25, -0.2) is 9.78 Å². The Hall–Kier alpha value is -2.91. The molecule has 2 N–H and O–H groups in total. The van der Waals surface area contributed by atoms with Crippen molar-refractivity contribution < 1.29 is 4.79 Å². The van der Waals surface area contributed by atoms with E-state index in [1.54, 1.807) is 41.9 Å². The van der Waals surface area contributed by atoms with Crippen molar-refractivity contribution in [1.82, 2.24) is 18.7 Å². The predicted molar refractivity (Wildman–Crippen MR) is 119 cm³/mol. The van der Waals surface area contributed by atoms with E-state index in [1.165, 1.54) is 16.3 Å². The van der Waals surface area contributed by atoms with Crippen LogP contribution in [0.4, 0.5) is 0 Å². The van der Waals surface area contributed by atoms with Gasteiger partial charge in [0.25, 0.3) is 5.56 Å². The van der Waals surface area contributed by atoms with Crippen LogP contribution in [-0.2, 0) is 20.1 Å². The molecule has 0 atom stereocenters. The molecule has 3 aromatic rings. The molecule has 0 bridgehead atoms. The van der Waals surface area contributed by atoms with Crippen LogP contribution in [0.5, 0.6) is 0 Å². The molecule has 158 valence electrons. The molecule has 0 amide bonds. The number of hydrogen-bond acceptors (Lipinski definition) is 6. The third kappa shape index (κ3) is 4.31. The van der Waals surface area contributed by atoms with Gasteiger partial charge in [0, 0.05) is 31.5 Å². The largest absolute Gasteiger partial charge is 0.332 e. The van der Waals surface area contributed by atoms with E-state index >= 15 is 0 Å². The first-order valence-corrected chi connectivity index (χ1v) is 10.6. The SMILES string of the molecule is CC(C)=CCn1c(SCCN)nc2c1c(=O)n(CC(=O)c1ccccc1)c(=O)n2C. The van der Waals surface area contributed by atoms with Crippen LogP contribution in [0.25, 0.3) is 11.2 Å². The number of rotatable bonds is 8. The fraction of sp³-hybridized carbons (Fsp3) is 0.333. The highest BCUT2D eigenvalue weighted by Crippen LogP contribution is 2.21. The molecule has 2 heterocycles. The number of nitrogens with two attached hydrogens (primary N) is 1. The topological polar surface area (TPSA) is 105 Å². The maximum Gasteiger partial charge on any atom is 0.332 e. The summed E-state index contributed by atoms with van der Waals surface area (Å²) in [6.07, 6.45) is 1.98. The van der Waals surface area contributed by atoms with Crippen LogP contribution >= 0.6 is 11.8 Å². The standard InChI is InChI=1S/C21H25N5O3S/c1-14(2)9-11-25-17-18(23-20(25)30-12-10-22)24(3)21(29)26(19(17)28)13-16(27)15-7-5-4-6-8-15/h4-9H,10-13,22H2,1-3H3. The van der Waals surface area contributed by atoms with Crippen LogP contribution in [0.3, 0.4) is 0 Å². The number of aromatic nitrogens is 4. The smallest absolute Gasteiger partial charge is 0.330 e. The number of fused-ring (bicyclic) bond motifs is 1. The summed E-state index contributed by atoms with van der Waals surface area (Å²) in [4.78, 5) is 43.3. The van der Waals surface area contributed by atoms with Crippen molar-refractivity contribution in [3.05, 3.63) is 68.4 Å². The van der Waals surface area contributed by atoms with Gasteiger partial charge in [-0.2, -0.15) is 0 Å². The van der Waals surface area contributed by atoms with Gasteiger partial charge in [0.05, 0.1) is 6.54 Å². The summed E-state index contributed by atoms with van der Waals surface area (Å²) >= 11 is 1.43. The van der Waals surface area contributed by atoms with Crippen molar-refractivity contribution in [2.75, 3.05) is 12.3 Å². The van der Waals surface area contributed by atoms with Crippen molar-refractivity contribution >= 4 is 28.7 Å². The third-order valence-corrected chi connectivity index (χ3v) is 5.64. The normalized spacial score (nSPS) is 11.1. The van der Waals surface area contributed by atoms with Crippen LogP contribution in [0.15, 0.2) is 56.7 Å². The zero-order valence-corrected chi connectivity index (χ0v) is 18.1. The number of carbonyl (C=O) groups excluding carboxylic acids is 1. The minimum Gasteiger partial charge on any atom is -0.330 e. The molecule has 0 aliphatic carbocycles. The Bertz CT molecular complexity index is 1220. The second kappa shape index (κ2) is 9.27. The molecule has 9 heteroatoms. The van der Waals surface area contributed by atoms with E-state index in [1.807, 2.05) is 19.9 Å². The summed E-state index contributed by atoms with van der Waals surface area (Å²) in [6, 6.07) is 8.61. The molecule has 1 aromatic carbocycles. The van der Waals surface area contributed by atoms with E-state index in [0.717, 1.165) is 10.1 Å². The molecule has 0 aliphatic rings. The van der Waals surface area contributed by atoms with Crippen molar-refractivity contribution in [3.63, 3.8) is 0 Å². The number of imidazole rings is 1. The quantitative estimate of drug-likeness (QED) is 0.334. The molecule has 30 heavy (non-hydrogen) atoms. The number of aryl methyl sites for hydroxylation is 1. The average Bonchev–Trinajstić information content (AvgIpc) is 3.11. The first-order chi connectivity index (χ1) is 14.3. The van der Waals surface area contributed by atoms with Gasteiger partial charge in [0.2, 0.25) is 0 Å². The van der Waals surface area contributed by atoms with Crippen molar-refractivity contribution in [2.24, 2.45) is 12.8 Å². The Balaban J connectivity index is 2.19. The first-order valence-electron chi connectivity index (χ1n) is 9.59. The van der Waals surface area contributed by atoms with Crippen LogP contribution in [0.2, 0.25) is 0 Å². The predicted octanol–water partition coefficient (Wildman–Crippen LogP) is 1.80. The van der Waals surface area contributed by atoms with Crippen LogP contribution in [-0.4, -0.2) is 36.8 Å². The minimum atomic E-state index is -0.570. The highest BCUT2D eigenvalue weighted by molar-refractivity contribution is 7.99. The fourth-order valence-electron chi connectivity index (χ4n) is 3.05. The first kappa shape index (κ1) is 21.8. The van der Waals surface area contributed by atoms with Gasteiger partial charge in [-0.05, 0) is 13.8 Å². The van der Waals surface area contributed by atoms with Gasteiger partial charge in [0.1, 0.15) is 0 Å². The van der Waals surface area contributed by atoms with Crippen LogP contribution in [0, 0.1) is 0 Å². The van der Waals surface area contributed by atoms with Gasteiger partial charge >= 0.3 is 5.69 Å². The molecular weight excluding hydrogens is 402 g/mol. The van der Waals surface area contributed by atoms with Gasteiger partial charge in [-0.3, -0.25) is 18.7 Å². The number of allylic oxidation sites excluding steroid dienone is 2. The van der Waals surface area contributed by atoms with E-state index in [2.05, 4.69) is 4.98 Å². The molecule has 2 aromatic heterocycles. The lowest BCUT2D eigenvalue weighted by Gasteiger charge is -2.10. The van der Waals surface area contributed by atoms with E-state index in [0.29, 0.717) is 40.7 Å². The lowest BCUT2D eigenvalue weighted by molar-refractivity contribution is 0.0969.